The summed E-state index contributed by atoms with van der Waals surface area (Å²) in [6.07, 6.45) is 2.85. The van der Waals surface area contributed by atoms with Gasteiger partial charge in [-0.25, -0.2) is 0 Å². The van der Waals surface area contributed by atoms with Gasteiger partial charge < -0.3 is 0 Å². The maximum Gasteiger partial charge on any atom is 0.146 e. The summed E-state index contributed by atoms with van der Waals surface area (Å²) in [6, 6.07) is 0.510. The standard InChI is InChI=1S/C12H25NO/c1-6-7-12(14)9-13(5)11(4)8-10(2)3/h10-11H,6-9H2,1-5H3. The van der Waals surface area contributed by atoms with Crippen LogP contribution in [0.1, 0.15) is 47.0 Å². The van der Waals surface area contributed by atoms with E-state index in [1.165, 1.54) is 0 Å². The van der Waals surface area contributed by atoms with Crippen molar-refractivity contribution >= 4 is 5.78 Å². The second-order valence-electron chi connectivity index (χ2n) is 4.68. The number of Topliss-reactive ketones (excluding diaryl/α,β-unsaturated/α-hetero) is 1. The van der Waals surface area contributed by atoms with Crippen LogP contribution in [-0.2, 0) is 4.79 Å². The molecule has 0 aromatic heterocycles. The first-order valence-corrected chi connectivity index (χ1v) is 5.69. The van der Waals surface area contributed by atoms with Crippen LogP contribution in [0, 0.1) is 5.92 Å². The number of ketones is 1. The second kappa shape index (κ2) is 6.99. The molecular formula is C12H25NO. The molecule has 0 spiro atoms. The maximum atomic E-state index is 11.4. The zero-order chi connectivity index (χ0) is 11.1. The summed E-state index contributed by atoms with van der Waals surface area (Å²) < 4.78 is 0. The van der Waals surface area contributed by atoms with E-state index in [0.717, 1.165) is 19.3 Å². The topological polar surface area (TPSA) is 20.3 Å². The molecule has 0 rings (SSSR count). The van der Waals surface area contributed by atoms with Crippen LogP contribution in [0.2, 0.25) is 0 Å². The molecule has 0 aromatic carbocycles. The van der Waals surface area contributed by atoms with Crippen LogP contribution in [0.25, 0.3) is 0 Å². The summed E-state index contributed by atoms with van der Waals surface area (Å²) in [6.45, 7) is 9.30. The molecule has 1 atom stereocenters. The van der Waals surface area contributed by atoms with Crippen molar-refractivity contribution in [2.45, 2.75) is 53.0 Å². The average molecular weight is 199 g/mol. The molecule has 0 N–H and O–H groups in total. The third kappa shape index (κ3) is 6.14. The van der Waals surface area contributed by atoms with Gasteiger partial charge in [-0.05, 0) is 32.7 Å². The lowest BCUT2D eigenvalue weighted by Gasteiger charge is -2.25. The fraction of sp³-hybridized carbons (Fsp3) is 0.917. The number of hydrogen-bond donors (Lipinski definition) is 0. The third-order valence-corrected chi connectivity index (χ3v) is 2.52. The Morgan fingerprint density at radius 2 is 1.86 bits per heavy atom. The lowest BCUT2D eigenvalue weighted by Crippen LogP contribution is -2.34. The normalized spacial score (nSPS) is 13.6. The molecule has 0 aliphatic rings. The molecule has 0 aliphatic carbocycles. The van der Waals surface area contributed by atoms with Crippen LogP contribution in [0.5, 0.6) is 0 Å². The minimum Gasteiger partial charge on any atom is -0.298 e. The molecular weight excluding hydrogens is 174 g/mol. The molecule has 0 radical (unpaired) electrons. The Bertz CT molecular complexity index is 166. The molecule has 2 heteroatoms. The molecule has 0 bridgehead atoms. The summed E-state index contributed by atoms with van der Waals surface area (Å²) in [5.74, 6) is 1.07. The van der Waals surface area contributed by atoms with Gasteiger partial charge in [-0.3, -0.25) is 9.69 Å². The minimum absolute atomic E-state index is 0.366. The largest absolute Gasteiger partial charge is 0.298 e. The van der Waals surface area contributed by atoms with Gasteiger partial charge in [0, 0.05) is 12.5 Å². The van der Waals surface area contributed by atoms with E-state index in [1.54, 1.807) is 0 Å². The summed E-state index contributed by atoms with van der Waals surface area (Å²) in [5, 5.41) is 0. The molecule has 0 amide bonds. The van der Waals surface area contributed by atoms with Crippen LogP contribution in [0.3, 0.4) is 0 Å². The number of hydrogen-bond acceptors (Lipinski definition) is 2. The Morgan fingerprint density at radius 1 is 1.29 bits per heavy atom. The lowest BCUT2D eigenvalue weighted by atomic mass is 10.0. The van der Waals surface area contributed by atoms with Gasteiger partial charge in [0.1, 0.15) is 5.78 Å². The van der Waals surface area contributed by atoms with Crippen molar-refractivity contribution in [2.75, 3.05) is 13.6 Å². The van der Waals surface area contributed by atoms with E-state index in [2.05, 4.69) is 32.6 Å². The zero-order valence-corrected chi connectivity index (χ0v) is 10.3. The fourth-order valence-corrected chi connectivity index (χ4v) is 1.65. The SMILES string of the molecule is CCCC(=O)CN(C)C(C)CC(C)C. The second-order valence-corrected chi connectivity index (χ2v) is 4.68. The van der Waals surface area contributed by atoms with Gasteiger partial charge >= 0.3 is 0 Å². The maximum absolute atomic E-state index is 11.4. The van der Waals surface area contributed by atoms with Crippen LogP contribution in [0.15, 0.2) is 0 Å². The van der Waals surface area contributed by atoms with Gasteiger partial charge in [-0.1, -0.05) is 20.8 Å². The van der Waals surface area contributed by atoms with Gasteiger partial charge in [0.05, 0.1) is 6.54 Å². The van der Waals surface area contributed by atoms with Crippen molar-refractivity contribution in [3.05, 3.63) is 0 Å². The first-order chi connectivity index (χ1) is 6.47. The van der Waals surface area contributed by atoms with Crippen LogP contribution in [0.4, 0.5) is 0 Å². The molecule has 2 nitrogen and oxygen atoms in total. The quantitative estimate of drug-likeness (QED) is 0.628. The van der Waals surface area contributed by atoms with E-state index in [9.17, 15) is 4.79 Å². The Kier molecular flexibility index (Phi) is 6.81. The minimum atomic E-state index is 0.366. The average Bonchev–Trinajstić information content (AvgIpc) is 2.02. The first kappa shape index (κ1) is 13.6. The molecule has 14 heavy (non-hydrogen) atoms. The van der Waals surface area contributed by atoms with Gasteiger partial charge in [0.15, 0.2) is 0 Å². The number of likely N-dealkylation sites (N-methyl/N-ethyl adjacent to an activating group) is 1. The third-order valence-electron chi connectivity index (χ3n) is 2.52. The monoisotopic (exact) mass is 199 g/mol. The van der Waals surface area contributed by atoms with Crippen molar-refractivity contribution in [1.29, 1.82) is 0 Å². The summed E-state index contributed by atoms with van der Waals surface area (Å²) >= 11 is 0. The van der Waals surface area contributed by atoms with Gasteiger partial charge in [-0.2, -0.15) is 0 Å². The van der Waals surface area contributed by atoms with Crippen molar-refractivity contribution < 1.29 is 4.79 Å². The van der Waals surface area contributed by atoms with E-state index in [-0.39, 0.29) is 0 Å². The van der Waals surface area contributed by atoms with Gasteiger partial charge in [-0.15, -0.1) is 0 Å². The fourth-order valence-electron chi connectivity index (χ4n) is 1.65. The summed E-state index contributed by atoms with van der Waals surface area (Å²) in [7, 11) is 2.04. The highest BCUT2D eigenvalue weighted by Crippen LogP contribution is 2.09. The van der Waals surface area contributed by atoms with Crippen LogP contribution < -0.4 is 0 Å². The smallest absolute Gasteiger partial charge is 0.146 e. The molecule has 0 aliphatic heterocycles. The Balaban J connectivity index is 3.82. The molecule has 0 heterocycles. The molecule has 0 saturated heterocycles. The van der Waals surface area contributed by atoms with Crippen molar-refractivity contribution in [2.24, 2.45) is 5.92 Å². The summed E-state index contributed by atoms with van der Waals surface area (Å²) in [5.41, 5.74) is 0. The predicted molar refractivity (Wildman–Crippen MR) is 61.5 cm³/mol. The summed E-state index contributed by atoms with van der Waals surface area (Å²) in [4.78, 5) is 13.6. The van der Waals surface area contributed by atoms with E-state index < -0.39 is 0 Å². The zero-order valence-electron chi connectivity index (χ0n) is 10.3. The van der Waals surface area contributed by atoms with E-state index in [1.807, 2.05) is 7.05 Å². The number of carbonyl (C=O) groups excluding carboxylic acids is 1. The molecule has 84 valence electrons. The first-order valence-electron chi connectivity index (χ1n) is 5.69. The number of carbonyl (C=O) groups is 1. The molecule has 0 saturated carbocycles. The number of rotatable bonds is 7. The number of nitrogens with zero attached hydrogens (tertiary/aromatic N) is 1. The predicted octanol–water partition coefficient (Wildman–Crippen LogP) is 2.72. The van der Waals surface area contributed by atoms with E-state index >= 15 is 0 Å². The van der Waals surface area contributed by atoms with E-state index in [0.29, 0.717) is 24.3 Å². The van der Waals surface area contributed by atoms with Crippen LogP contribution >= 0.6 is 0 Å². The Labute approximate surface area is 88.7 Å². The van der Waals surface area contributed by atoms with Crippen LogP contribution in [-0.4, -0.2) is 30.3 Å². The Hall–Kier alpha value is -0.370. The van der Waals surface area contributed by atoms with Crippen molar-refractivity contribution in [3.63, 3.8) is 0 Å². The van der Waals surface area contributed by atoms with E-state index in [4.69, 9.17) is 0 Å². The lowest BCUT2D eigenvalue weighted by molar-refractivity contribution is -0.120. The highest BCUT2D eigenvalue weighted by Gasteiger charge is 2.13. The van der Waals surface area contributed by atoms with Gasteiger partial charge in [0.25, 0.3) is 0 Å². The van der Waals surface area contributed by atoms with Gasteiger partial charge in [0.2, 0.25) is 0 Å². The van der Waals surface area contributed by atoms with Crippen molar-refractivity contribution in [1.82, 2.24) is 4.90 Å². The van der Waals surface area contributed by atoms with Crippen molar-refractivity contribution in [3.8, 4) is 0 Å². The molecule has 1 unspecified atom stereocenters. The highest BCUT2D eigenvalue weighted by atomic mass is 16.1. The molecule has 0 fully saturated rings. The Morgan fingerprint density at radius 3 is 2.29 bits per heavy atom. The molecule has 0 aromatic rings. The highest BCUT2D eigenvalue weighted by molar-refractivity contribution is 5.80.